The lowest BCUT2D eigenvalue weighted by molar-refractivity contribution is 0.674. The molecule has 2 aromatic rings. The zero-order valence-corrected chi connectivity index (χ0v) is 11.3. The molecule has 5 heteroatoms. The monoisotopic (exact) mass is 260 g/mol. The summed E-state index contributed by atoms with van der Waals surface area (Å²) < 4.78 is 0. The van der Waals surface area contributed by atoms with Crippen molar-refractivity contribution in [3.63, 3.8) is 0 Å². The highest BCUT2D eigenvalue weighted by molar-refractivity contribution is 7.99. The van der Waals surface area contributed by atoms with E-state index in [9.17, 15) is 0 Å². The molecule has 0 aromatic carbocycles. The second-order valence-corrected chi connectivity index (χ2v) is 5.06. The lowest BCUT2D eigenvalue weighted by Gasteiger charge is -2.08. The number of nitrogens with zero attached hydrogens (tertiary/aromatic N) is 3. The Labute approximate surface area is 111 Å². The summed E-state index contributed by atoms with van der Waals surface area (Å²) in [5, 5.41) is 0.740. The molecule has 0 unspecified atom stereocenters. The SMILES string of the molecule is CC[C@@H](N)c1ccc(Sc2nccc(C)n2)cn1. The van der Waals surface area contributed by atoms with Crippen LogP contribution in [0.25, 0.3) is 0 Å². The third-order valence-corrected chi connectivity index (χ3v) is 3.42. The number of rotatable bonds is 4. The van der Waals surface area contributed by atoms with E-state index in [0.29, 0.717) is 0 Å². The molecule has 1 atom stereocenters. The lowest BCUT2D eigenvalue weighted by atomic mass is 10.1. The van der Waals surface area contributed by atoms with Crippen LogP contribution in [0.3, 0.4) is 0 Å². The number of aryl methyl sites for hydroxylation is 1. The smallest absolute Gasteiger partial charge is 0.192 e. The van der Waals surface area contributed by atoms with Crippen LogP contribution in [-0.2, 0) is 0 Å². The van der Waals surface area contributed by atoms with Gasteiger partial charge in [-0.2, -0.15) is 0 Å². The molecule has 0 spiro atoms. The highest BCUT2D eigenvalue weighted by Gasteiger charge is 2.06. The first-order valence-electron chi connectivity index (χ1n) is 5.88. The van der Waals surface area contributed by atoms with Crippen LogP contribution in [-0.4, -0.2) is 15.0 Å². The fourth-order valence-electron chi connectivity index (χ4n) is 1.46. The van der Waals surface area contributed by atoms with Crippen molar-refractivity contribution in [3.05, 3.63) is 42.0 Å². The topological polar surface area (TPSA) is 64.7 Å². The average Bonchev–Trinajstić information content (AvgIpc) is 2.39. The molecule has 0 fully saturated rings. The Morgan fingerprint density at radius 1 is 1.28 bits per heavy atom. The molecule has 0 bridgehead atoms. The summed E-state index contributed by atoms with van der Waals surface area (Å²) in [6.45, 7) is 4.00. The van der Waals surface area contributed by atoms with Gasteiger partial charge in [-0.05, 0) is 43.3 Å². The average molecular weight is 260 g/mol. The molecule has 2 aromatic heterocycles. The van der Waals surface area contributed by atoms with Crippen molar-refractivity contribution in [2.24, 2.45) is 5.73 Å². The van der Waals surface area contributed by atoms with Gasteiger partial charge in [0, 0.05) is 29.0 Å². The van der Waals surface area contributed by atoms with E-state index >= 15 is 0 Å². The van der Waals surface area contributed by atoms with Crippen LogP contribution < -0.4 is 5.73 Å². The summed E-state index contributed by atoms with van der Waals surface area (Å²) in [4.78, 5) is 13.9. The summed E-state index contributed by atoms with van der Waals surface area (Å²) in [5.74, 6) is 0. The summed E-state index contributed by atoms with van der Waals surface area (Å²) in [7, 11) is 0. The van der Waals surface area contributed by atoms with Crippen molar-refractivity contribution in [2.45, 2.75) is 36.4 Å². The van der Waals surface area contributed by atoms with Gasteiger partial charge in [-0.15, -0.1) is 0 Å². The van der Waals surface area contributed by atoms with Crippen molar-refractivity contribution < 1.29 is 0 Å². The Morgan fingerprint density at radius 2 is 2.11 bits per heavy atom. The van der Waals surface area contributed by atoms with Gasteiger partial charge in [-0.3, -0.25) is 4.98 Å². The lowest BCUT2D eigenvalue weighted by Crippen LogP contribution is -2.10. The van der Waals surface area contributed by atoms with E-state index in [1.54, 1.807) is 6.20 Å². The zero-order chi connectivity index (χ0) is 13.0. The highest BCUT2D eigenvalue weighted by Crippen LogP contribution is 2.24. The Morgan fingerprint density at radius 3 is 2.72 bits per heavy atom. The van der Waals surface area contributed by atoms with E-state index in [-0.39, 0.29) is 6.04 Å². The van der Waals surface area contributed by atoms with Crippen molar-refractivity contribution in [3.8, 4) is 0 Å². The van der Waals surface area contributed by atoms with E-state index in [4.69, 9.17) is 5.73 Å². The van der Waals surface area contributed by atoms with Gasteiger partial charge in [-0.1, -0.05) is 6.92 Å². The second kappa shape index (κ2) is 5.93. The molecule has 2 rings (SSSR count). The molecule has 2 heterocycles. The maximum Gasteiger partial charge on any atom is 0.192 e. The molecule has 2 N–H and O–H groups in total. The van der Waals surface area contributed by atoms with Crippen LogP contribution in [0.4, 0.5) is 0 Å². The molecule has 0 saturated heterocycles. The minimum Gasteiger partial charge on any atom is -0.323 e. The molecular formula is C13H16N4S. The van der Waals surface area contributed by atoms with Crippen LogP contribution in [0, 0.1) is 6.92 Å². The first kappa shape index (κ1) is 13.0. The van der Waals surface area contributed by atoms with Gasteiger partial charge in [0.25, 0.3) is 0 Å². The molecule has 94 valence electrons. The molecule has 18 heavy (non-hydrogen) atoms. The van der Waals surface area contributed by atoms with Gasteiger partial charge >= 0.3 is 0 Å². The predicted molar refractivity (Wildman–Crippen MR) is 72.3 cm³/mol. The quantitative estimate of drug-likeness (QED) is 0.856. The number of nitrogens with two attached hydrogens (primary N) is 1. The van der Waals surface area contributed by atoms with Gasteiger partial charge in [0.2, 0.25) is 0 Å². The maximum atomic E-state index is 5.92. The van der Waals surface area contributed by atoms with Crippen molar-refractivity contribution in [2.75, 3.05) is 0 Å². The Balaban J connectivity index is 2.11. The molecule has 0 aliphatic heterocycles. The fourth-order valence-corrected chi connectivity index (χ4v) is 2.22. The molecule has 0 amide bonds. The fraction of sp³-hybridized carbons (Fsp3) is 0.308. The molecule has 4 nitrogen and oxygen atoms in total. The van der Waals surface area contributed by atoms with E-state index in [1.807, 2.05) is 31.3 Å². The van der Waals surface area contributed by atoms with Gasteiger partial charge in [0.05, 0.1) is 5.69 Å². The largest absolute Gasteiger partial charge is 0.323 e. The normalized spacial score (nSPS) is 12.4. The summed E-state index contributed by atoms with van der Waals surface area (Å²) >= 11 is 1.50. The predicted octanol–water partition coefficient (Wildman–Crippen LogP) is 2.74. The molecular weight excluding hydrogens is 244 g/mol. The maximum absolute atomic E-state index is 5.92. The van der Waals surface area contributed by atoms with Gasteiger partial charge < -0.3 is 5.73 Å². The molecule has 0 aliphatic rings. The summed E-state index contributed by atoms with van der Waals surface area (Å²) in [5.41, 5.74) is 7.81. The van der Waals surface area contributed by atoms with E-state index in [2.05, 4.69) is 21.9 Å². The number of hydrogen-bond acceptors (Lipinski definition) is 5. The first-order chi connectivity index (χ1) is 8.69. The Hall–Kier alpha value is -1.46. The van der Waals surface area contributed by atoms with E-state index in [0.717, 1.165) is 27.9 Å². The second-order valence-electron chi connectivity index (χ2n) is 4.02. The first-order valence-corrected chi connectivity index (χ1v) is 6.69. The zero-order valence-electron chi connectivity index (χ0n) is 10.5. The van der Waals surface area contributed by atoms with Crippen molar-refractivity contribution in [1.29, 1.82) is 0 Å². The minimum atomic E-state index is 0.0132. The van der Waals surface area contributed by atoms with Crippen LogP contribution in [0.15, 0.2) is 40.6 Å². The van der Waals surface area contributed by atoms with Gasteiger partial charge in [0.15, 0.2) is 5.16 Å². The molecule has 0 aliphatic carbocycles. The standard InChI is InChI=1S/C13H16N4S/c1-3-11(14)12-5-4-10(8-16-12)18-13-15-7-6-9(2)17-13/h4-8,11H,3,14H2,1-2H3/t11-/m1/s1. The molecule has 0 radical (unpaired) electrons. The van der Waals surface area contributed by atoms with Gasteiger partial charge in [-0.25, -0.2) is 9.97 Å². The summed E-state index contributed by atoms with van der Waals surface area (Å²) in [6, 6.07) is 5.87. The van der Waals surface area contributed by atoms with E-state index < -0.39 is 0 Å². The third kappa shape index (κ3) is 3.27. The van der Waals surface area contributed by atoms with Crippen LogP contribution >= 0.6 is 11.8 Å². The van der Waals surface area contributed by atoms with E-state index in [1.165, 1.54) is 11.8 Å². The van der Waals surface area contributed by atoms with Crippen LogP contribution in [0.1, 0.15) is 30.8 Å². The Bertz CT molecular complexity index is 513. The van der Waals surface area contributed by atoms with Crippen molar-refractivity contribution in [1.82, 2.24) is 15.0 Å². The number of pyridine rings is 1. The van der Waals surface area contributed by atoms with Crippen LogP contribution in [0.5, 0.6) is 0 Å². The number of aromatic nitrogens is 3. The highest BCUT2D eigenvalue weighted by atomic mass is 32.2. The molecule has 0 saturated carbocycles. The van der Waals surface area contributed by atoms with Gasteiger partial charge in [0.1, 0.15) is 0 Å². The minimum absolute atomic E-state index is 0.0132. The third-order valence-electron chi connectivity index (χ3n) is 2.56. The number of hydrogen-bond donors (Lipinski definition) is 1. The van der Waals surface area contributed by atoms with Crippen molar-refractivity contribution >= 4 is 11.8 Å². The Kier molecular flexibility index (Phi) is 4.28. The van der Waals surface area contributed by atoms with Crippen LogP contribution in [0.2, 0.25) is 0 Å². The summed E-state index contributed by atoms with van der Waals surface area (Å²) in [6.07, 6.45) is 4.47.